The van der Waals surface area contributed by atoms with Gasteiger partial charge >= 0.3 is 0 Å². The molecule has 0 saturated carbocycles. The Bertz CT molecular complexity index is 863. The molecule has 0 saturated heterocycles. The largest absolute Gasteiger partial charge is 0.493 e. The molecule has 1 aromatic carbocycles. The van der Waals surface area contributed by atoms with E-state index in [9.17, 15) is 4.79 Å². The Labute approximate surface area is 150 Å². The van der Waals surface area contributed by atoms with Gasteiger partial charge in [0.25, 0.3) is 5.91 Å². The number of nitrogens with zero attached hydrogens (tertiary/aromatic N) is 1. The maximum absolute atomic E-state index is 12.5. The summed E-state index contributed by atoms with van der Waals surface area (Å²) in [6.07, 6.45) is 1.75. The Morgan fingerprint density at radius 1 is 1.20 bits per heavy atom. The molecule has 6 heteroatoms. The van der Waals surface area contributed by atoms with Crippen molar-refractivity contribution in [2.45, 2.75) is 6.54 Å². The molecule has 0 aliphatic rings. The number of pyridine rings is 1. The van der Waals surface area contributed by atoms with Gasteiger partial charge < -0.3 is 14.8 Å². The van der Waals surface area contributed by atoms with E-state index in [0.29, 0.717) is 23.6 Å². The molecule has 0 atom stereocenters. The highest BCUT2D eigenvalue weighted by molar-refractivity contribution is 7.08. The number of benzene rings is 1. The molecule has 5 nitrogen and oxygen atoms in total. The van der Waals surface area contributed by atoms with Crippen LogP contribution in [0.2, 0.25) is 0 Å². The number of aromatic nitrogens is 1. The van der Waals surface area contributed by atoms with E-state index >= 15 is 0 Å². The van der Waals surface area contributed by atoms with E-state index in [4.69, 9.17) is 9.47 Å². The van der Waals surface area contributed by atoms with Crippen molar-refractivity contribution in [2.24, 2.45) is 0 Å². The van der Waals surface area contributed by atoms with Gasteiger partial charge in [-0.1, -0.05) is 6.07 Å². The molecular formula is C19H18N2O3S. The van der Waals surface area contributed by atoms with Crippen molar-refractivity contribution in [1.29, 1.82) is 0 Å². The van der Waals surface area contributed by atoms with Gasteiger partial charge in [-0.2, -0.15) is 11.3 Å². The second kappa shape index (κ2) is 7.81. The summed E-state index contributed by atoms with van der Waals surface area (Å²) in [5, 5.41) is 6.98. The van der Waals surface area contributed by atoms with E-state index < -0.39 is 0 Å². The molecule has 25 heavy (non-hydrogen) atoms. The van der Waals surface area contributed by atoms with Crippen molar-refractivity contribution in [2.75, 3.05) is 14.2 Å². The first-order valence-corrected chi connectivity index (χ1v) is 8.64. The van der Waals surface area contributed by atoms with Crippen LogP contribution in [0, 0.1) is 0 Å². The smallest absolute Gasteiger partial charge is 0.255 e. The van der Waals surface area contributed by atoms with Gasteiger partial charge in [-0.3, -0.25) is 9.78 Å². The van der Waals surface area contributed by atoms with E-state index in [1.54, 1.807) is 42.8 Å². The predicted molar refractivity (Wildman–Crippen MR) is 98.3 cm³/mol. The molecule has 0 spiro atoms. The van der Waals surface area contributed by atoms with Gasteiger partial charge in [0.15, 0.2) is 11.5 Å². The molecule has 2 heterocycles. The number of hydrogen-bond donors (Lipinski definition) is 1. The second-order valence-electron chi connectivity index (χ2n) is 5.29. The summed E-state index contributed by atoms with van der Waals surface area (Å²) >= 11 is 1.63. The first-order valence-electron chi connectivity index (χ1n) is 7.69. The normalized spacial score (nSPS) is 10.3. The van der Waals surface area contributed by atoms with Crippen molar-refractivity contribution in [3.05, 3.63) is 64.5 Å². The van der Waals surface area contributed by atoms with Crippen molar-refractivity contribution in [3.63, 3.8) is 0 Å². The lowest BCUT2D eigenvalue weighted by Crippen LogP contribution is -2.23. The number of carbonyl (C=O) groups is 1. The number of methoxy groups -OCH3 is 2. The molecule has 2 aromatic heterocycles. The van der Waals surface area contributed by atoms with Crippen LogP contribution in [-0.2, 0) is 6.54 Å². The van der Waals surface area contributed by atoms with Crippen LogP contribution in [-0.4, -0.2) is 25.1 Å². The first kappa shape index (κ1) is 17.0. The third-order valence-electron chi connectivity index (χ3n) is 3.74. The van der Waals surface area contributed by atoms with Crippen LogP contribution in [0.3, 0.4) is 0 Å². The number of carbonyl (C=O) groups excluding carboxylic acids is 1. The molecule has 0 aliphatic heterocycles. The van der Waals surface area contributed by atoms with Crippen LogP contribution in [0.1, 0.15) is 15.9 Å². The number of rotatable bonds is 6. The summed E-state index contributed by atoms with van der Waals surface area (Å²) in [5.41, 5.74) is 3.39. The van der Waals surface area contributed by atoms with Gasteiger partial charge in [0.2, 0.25) is 0 Å². The molecule has 3 rings (SSSR count). The van der Waals surface area contributed by atoms with Gasteiger partial charge in [0.05, 0.1) is 25.5 Å². The van der Waals surface area contributed by atoms with Crippen LogP contribution >= 0.6 is 11.3 Å². The molecule has 3 aromatic rings. The van der Waals surface area contributed by atoms with Gasteiger partial charge in [0, 0.05) is 23.7 Å². The van der Waals surface area contributed by atoms with Gasteiger partial charge in [-0.15, -0.1) is 0 Å². The summed E-state index contributed by atoms with van der Waals surface area (Å²) in [6.45, 7) is 0.402. The number of hydrogen-bond acceptors (Lipinski definition) is 5. The summed E-state index contributed by atoms with van der Waals surface area (Å²) in [5.74, 6) is 0.736. The Balaban J connectivity index is 1.74. The molecule has 1 amide bonds. The van der Waals surface area contributed by atoms with Crippen LogP contribution in [0.25, 0.3) is 11.3 Å². The topological polar surface area (TPSA) is 60.5 Å². The fraction of sp³-hybridized carbons (Fsp3) is 0.158. The van der Waals surface area contributed by atoms with E-state index in [1.165, 1.54) is 7.11 Å². The number of nitrogens with one attached hydrogen (secondary N) is 1. The minimum absolute atomic E-state index is 0.218. The van der Waals surface area contributed by atoms with E-state index in [-0.39, 0.29) is 5.91 Å². The Hall–Kier alpha value is -2.86. The monoisotopic (exact) mass is 354 g/mol. The summed E-state index contributed by atoms with van der Waals surface area (Å²) in [4.78, 5) is 16.9. The van der Waals surface area contributed by atoms with Crippen LogP contribution in [0.5, 0.6) is 11.5 Å². The van der Waals surface area contributed by atoms with E-state index in [0.717, 1.165) is 16.8 Å². The van der Waals surface area contributed by atoms with Crippen molar-refractivity contribution in [3.8, 4) is 22.8 Å². The van der Waals surface area contributed by atoms with Crippen LogP contribution < -0.4 is 14.8 Å². The predicted octanol–water partition coefficient (Wildman–Crippen LogP) is 3.76. The van der Waals surface area contributed by atoms with Crippen molar-refractivity contribution >= 4 is 17.2 Å². The Morgan fingerprint density at radius 3 is 2.80 bits per heavy atom. The highest BCUT2D eigenvalue weighted by atomic mass is 32.1. The average Bonchev–Trinajstić information content (AvgIpc) is 3.20. The highest BCUT2D eigenvalue weighted by Crippen LogP contribution is 2.30. The Kier molecular flexibility index (Phi) is 5.30. The lowest BCUT2D eigenvalue weighted by atomic mass is 10.1. The van der Waals surface area contributed by atoms with Crippen molar-refractivity contribution in [1.82, 2.24) is 10.3 Å². The number of ether oxygens (including phenoxy) is 2. The maximum Gasteiger partial charge on any atom is 0.255 e. The third-order valence-corrected chi connectivity index (χ3v) is 4.43. The summed E-state index contributed by atoms with van der Waals surface area (Å²) in [7, 11) is 3.06. The SMILES string of the molecule is COc1cccc(C(=O)NCc2ccnc(-c3ccsc3)c2)c1OC. The molecule has 1 N–H and O–H groups in total. The minimum atomic E-state index is -0.218. The molecule has 0 unspecified atom stereocenters. The first-order chi connectivity index (χ1) is 12.2. The molecule has 0 bridgehead atoms. The zero-order valence-corrected chi connectivity index (χ0v) is 14.8. The highest BCUT2D eigenvalue weighted by Gasteiger charge is 2.16. The second-order valence-corrected chi connectivity index (χ2v) is 6.07. The number of para-hydroxylation sites is 1. The molecule has 128 valence electrons. The summed E-state index contributed by atoms with van der Waals surface area (Å²) in [6, 6.07) is 11.1. The van der Waals surface area contributed by atoms with E-state index in [2.05, 4.69) is 10.3 Å². The number of thiophene rings is 1. The third kappa shape index (κ3) is 3.80. The molecule has 0 fully saturated rings. The fourth-order valence-corrected chi connectivity index (χ4v) is 3.15. The molecule has 0 radical (unpaired) electrons. The lowest BCUT2D eigenvalue weighted by Gasteiger charge is -2.12. The van der Waals surface area contributed by atoms with Crippen LogP contribution in [0.15, 0.2) is 53.4 Å². The number of amides is 1. The fourth-order valence-electron chi connectivity index (χ4n) is 2.50. The standard InChI is InChI=1S/C19H18N2O3S/c1-23-17-5-3-4-15(18(17)24-2)19(22)21-11-13-6-8-20-16(10-13)14-7-9-25-12-14/h3-10,12H,11H2,1-2H3,(H,21,22). The molecular weight excluding hydrogens is 336 g/mol. The summed E-state index contributed by atoms with van der Waals surface area (Å²) < 4.78 is 10.5. The zero-order chi connectivity index (χ0) is 17.6. The average molecular weight is 354 g/mol. The maximum atomic E-state index is 12.5. The van der Waals surface area contributed by atoms with Crippen LogP contribution in [0.4, 0.5) is 0 Å². The van der Waals surface area contributed by atoms with Gasteiger partial charge in [-0.25, -0.2) is 0 Å². The minimum Gasteiger partial charge on any atom is -0.493 e. The zero-order valence-electron chi connectivity index (χ0n) is 14.0. The lowest BCUT2D eigenvalue weighted by molar-refractivity contribution is 0.0947. The Morgan fingerprint density at radius 2 is 2.08 bits per heavy atom. The van der Waals surface area contributed by atoms with Gasteiger partial charge in [-0.05, 0) is 41.3 Å². The molecule has 0 aliphatic carbocycles. The quantitative estimate of drug-likeness (QED) is 0.732. The van der Waals surface area contributed by atoms with E-state index in [1.807, 2.05) is 29.0 Å². The van der Waals surface area contributed by atoms with Gasteiger partial charge in [0.1, 0.15) is 0 Å². The van der Waals surface area contributed by atoms with Crippen molar-refractivity contribution < 1.29 is 14.3 Å².